The molecule has 0 aromatic heterocycles. The Labute approximate surface area is 145 Å². The van der Waals surface area contributed by atoms with Crippen LogP contribution in [0.15, 0.2) is 23.2 Å². The van der Waals surface area contributed by atoms with E-state index in [2.05, 4.69) is 59.6 Å². The third-order valence-electron chi connectivity index (χ3n) is 3.60. The van der Waals surface area contributed by atoms with E-state index in [1.807, 2.05) is 0 Å². The smallest absolute Gasteiger partial charge is 0.191 e. The minimum atomic E-state index is 0. The molecule has 1 aromatic carbocycles. The molecule has 0 atom stereocenters. The third kappa shape index (κ3) is 5.05. The van der Waals surface area contributed by atoms with Crippen molar-refractivity contribution >= 4 is 35.6 Å². The first-order chi connectivity index (χ1) is 9.74. The average Bonchev–Trinajstić information content (AvgIpc) is 2.45. The van der Waals surface area contributed by atoms with Crippen molar-refractivity contribution in [3.8, 4) is 0 Å². The van der Waals surface area contributed by atoms with Crippen molar-refractivity contribution in [1.29, 1.82) is 0 Å². The maximum atomic E-state index is 4.62. The SMILES string of the molecule is CCNC(=NCc1ccc2c(c1)CCCN2C)NCC.I. The van der Waals surface area contributed by atoms with Crippen molar-refractivity contribution in [2.45, 2.75) is 33.2 Å². The second-order valence-electron chi connectivity index (χ2n) is 5.21. The first kappa shape index (κ1) is 18.1. The van der Waals surface area contributed by atoms with Gasteiger partial charge >= 0.3 is 0 Å². The molecule has 1 aliphatic rings. The second kappa shape index (κ2) is 9.12. The summed E-state index contributed by atoms with van der Waals surface area (Å²) in [6, 6.07) is 6.74. The number of rotatable bonds is 4. The number of anilines is 1. The zero-order valence-corrected chi connectivity index (χ0v) is 15.6. The highest BCUT2D eigenvalue weighted by atomic mass is 127. The van der Waals surface area contributed by atoms with Crippen molar-refractivity contribution < 1.29 is 0 Å². The van der Waals surface area contributed by atoms with Gasteiger partial charge in [-0.15, -0.1) is 24.0 Å². The molecule has 0 fully saturated rings. The van der Waals surface area contributed by atoms with Crippen LogP contribution in [0.4, 0.5) is 5.69 Å². The maximum Gasteiger partial charge on any atom is 0.191 e. The number of nitrogens with one attached hydrogen (secondary N) is 2. The summed E-state index contributed by atoms with van der Waals surface area (Å²) < 4.78 is 0. The Kier molecular flexibility index (Phi) is 7.85. The number of hydrogen-bond acceptors (Lipinski definition) is 2. The Hall–Kier alpha value is -0.980. The summed E-state index contributed by atoms with van der Waals surface area (Å²) in [6.07, 6.45) is 2.43. The molecule has 0 bridgehead atoms. The van der Waals surface area contributed by atoms with E-state index in [-0.39, 0.29) is 24.0 Å². The number of benzene rings is 1. The average molecular weight is 402 g/mol. The molecule has 0 radical (unpaired) electrons. The second-order valence-corrected chi connectivity index (χ2v) is 5.21. The summed E-state index contributed by atoms with van der Waals surface area (Å²) in [4.78, 5) is 6.96. The lowest BCUT2D eigenvalue weighted by molar-refractivity contribution is 0.742. The maximum absolute atomic E-state index is 4.62. The number of guanidine groups is 1. The quantitative estimate of drug-likeness (QED) is 0.462. The van der Waals surface area contributed by atoms with Crippen LogP contribution in [0.2, 0.25) is 0 Å². The van der Waals surface area contributed by atoms with Crippen molar-refractivity contribution in [1.82, 2.24) is 10.6 Å². The van der Waals surface area contributed by atoms with E-state index in [1.165, 1.54) is 29.7 Å². The Morgan fingerprint density at radius 2 is 1.95 bits per heavy atom. The zero-order chi connectivity index (χ0) is 14.4. The van der Waals surface area contributed by atoms with Gasteiger partial charge in [0.1, 0.15) is 0 Å². The molecule has 2 N–H and O–H groups in total. The Morgan fingerprint density at radius 1 is 1.24 bits per heavy atom. The van der Waals surface area contributed by atoms with E-state index in [9.17, 15) is 0 Å². The fourth-order valence-electron chi connectivity index (χ4n) is 2.62. The van der Waals surface area contributed by atoms with Crippen LogP contribution in [-0.2, 0) is 13.0 Å². The predicted octanol–water partition coefficient (Wildman–Crippen LogP) is 2.76. The van der Waals surface area contributed by atoms with E-state index in [4.69, 9.17) is 0 Å². The lowest BCUT2D eigenvalue weighted by atomic mass is 10.00. The highest BCUT2D eigenvalue weighted by Gasteiger charge is 2.13. The van der Waals surface area contributed by atoms with Gasteiger partial charge in [0.25, 0.3) is 0 Å². The number of hydrogen-bond donors (Lipinski definition) is 2. The highest BCUT2D eigenvalue weighted by Crippen LogP contribution is 2.26. The van der Waals surface area contributed by atoms with Crippen LogP contribution in [0.25, 0.3) is 0 Å². The van der Waals surface area contributed by atoms with E-state index in [0.717, 1.165) is 32.1 Å². The molecule has 0 saturated carbocycles. The van der Waals surface area contributed by atoms with Crippen molar-refractivity contribution in [3.63, 3.8) is 0 Å². The molecule has 5 heteroatoms. The third-order valence-corrected chi connectivity index (χ3v) is 3.60. The number of aryl methyl sites for hydroxylation is 1. The Morgan fingerprint density at radius 3 is 2.62 bits per heavy atom. The fourth-order valence-corrected chi connectivity index (χ4v) is 2.62. The molecular formula is C16H27IN4. The molecule has 0 aliphatic carbocycles. The van der Waals surface area contributed by atoms with Crippen LogP contribution in [0, 0.1) is 0 Å². The van der Waals surface area contributed by atoms with E-state index in [0.29, 0.717) is 0 Å². The molecule has 1 aromatic rings. The van der Waals surface area contributed by atoms with Crippen molar-refractivity contribution in [2.24, 2.45) is 4.99 Å². The number of halogens is 1. The van der Waals surface area contributed by atoms with E-state index < -0.39 is 0 Å². The molecule has 0 unspecified atom stereocenters. The van der Waals surface area contributed by atoms with Crippen LogP contribution in [0.5, 0.6) is 0 Å². The van der Waals surface area contributed by atoms with Crippen molar-refractivity contribution in [2.75, 3.05) is 31.6 Å². The molecule has 1 aliphatic heterocycles. The summed E-state index contributed by atoms with van der Waals surface area (Å²) in [5.74, 6) is 0.893. The minimum absolute atomic E-state index is 0. The molecule has 4 nitrogen and oxygen atoms in total. The standard InChI is InChI=1S/C16H26N4.HI/c1-4-17-16(18-5-2)19-12-13-8-9-15-14(11-13)7-6-10-20(15)3;/h8-9,11H,4-7,10,12H2,1-3H3,(H2,17,18,19);1H. The minimum Gasteiger partial charge on any atom is -0.374 e. The normalized spacial score (nSPS) is 13.0. The molecule has 0 saturated heterocycles. The first-order valence-electron chi connectivity index (χ1n) is 7.59. The molecule has 0 amide bonds. The van der Waals surface area contributed by atoms with Gasteiger partial charge in [-0.3, -0.25) is 0 Å². The summed E-state index contributed by atoms with van der Waals surface area (Å²) in [6.45, 7) is 7.84. The number of nitrogens with zero attached hydrogens (tertiary/aromatic N) is 2. The summed E-state index contributed by atoms with van der Waals surface area (Å²) >= 11 is 0. The van der Waals surface area contributed by atoms with Crippen LogP contribution in [0.3, 0.4) is 0 Å². The van der Waals surface area contributed by atoms with Crippen LogP contribution >= 0.6 is 24.0 Å². The van der Waals surface area contributed by atoms with Gasteiger partial charge in [-0.05, 0) is 43.9 Å². The summed E-state index contributed by atoms with van der Waals surface area (Å²) in [7, 11) is 2.17. The fraction of sp³-hybridized carbons (Fsp3) is 0.562. The topological polar surface area (TPSA) is 39.7 Å². The molecular weight excluding hydrogens is 375 g/mol. The molecule has 2 rings (SSSR count). The van der Waals surface area contributed by atoms with Gasteiger partial charge in [-0.2, -0.15) is 0 Å². The van der Waals surface area contributed by atoms with Gasteiger partial charge in [-0.25, -0.2) is 4.99 Å². The first-order valence-corrected chi connectivity index (χ1v) is 7.59. The van der Waals surface area contributed by atoms with Crippen molar-refractivity contribution in [3.05, 3.63) is 29.3 Å². The summed E-state index contributed by atoms with van der Waals surface area (Å²) in [5.41, 5.74) is 4.12. The van der Waals surface area contributed by atoms with Gasteiger partial charge in [0.15, 0.2) is 5.96 Å². The lowest BCUT2D eigenvalue weighted by Crippen LogP contribution is -2.36. The van der Waals surface area contributed by atoms with Crippen LogP contribution in [0.1, 0.15) is 31.4 Å². The Bertz CT molecular complexity index is 465. The molecule has 0 spiro atoms. The molecule has 1 heterocycles. The monoisotopic (exact) mass is 402 g/mol. The van der Waals surface area contributed by atoms with Gasteiger partial charge in [0, 0.05) is 32.4 Å². The Balaban J connectivity index is 0.00000220. The van der Waals surface area contributed by atoms with Gasteiger partial charge < -0.3 is 15.5 Å². The lowest BCUT2D eigenvalue weighted by Gasteiger charge is -2.27. The van der Waals surface area contributed by atoms with Gasteiger partial charge in [0.05, 0.1) is 6.54 Å². The van der Waals surface area contributed by atoms with Crippen LogP contribution < -0.4 is 15.5 Å². The van der Waals surface area contributed by atoms with Gasteiger partial charge in [0.2, 0.25) is 0 Å². The predicted molar refractivity (Wildman–Crippen MR) is 102 cm³/mol. The number of fused-ring (bicyclic) bond motifs is 1. The molecule has 118 valence electrons. The summed E-state index contributed by atoms with van der Waals surface area (Å²) in [5, 5.41) is 6.51. The largest absolute Gasteiger partial charge is 0.374 e. The van der Waals surface area contributed by atoms with E-state index in [1.54, 1.807) is 0 Å². The highest BCUT2D eigenvalue weighted by molar-refractivity contribution is 14.0. The zero-order valence-electron chi connectivity index (χ0n) is 13.3. The molecule has 21 heavy (non-hydrogen) atoms. The van der Waals surface area contributed by atoms with Gasteiger partial charge in [-0.1, -0.05) is 12.1 Å². The van der Waals surface area contributed by atoms with Crippen LogP contribution in [-0.4, -0.2) is 32.6 Å². The van der Waals surface area contributed by atoms with E-state index >= 15 is 0 Å². The number of aliphatic imine (C=N–C) groups is 1.